The highest BCUT2D eigenvalue weighted by atomic mass is 79.9. The summed E-state index contributed by atoms with van der Waals surface area (Å²) in [6.07, 6.45) is 4.08. The van der Waals surface area contributed by atoms with Gasteiger partial charge in [0.2, 0.25) is 0 Å². The minimum absolute atomic E-state index is 0.0726. The Balaban J connectivity index is 1.54. The lowest BCUT2D eigenvalue weighted by Gasteiger charge is -2.33. The molecule has 0 fully saturated rings. The fourth-order valence-electron chi connectivity index (χ4n) is 4.36. The highest BCUT2D eigenvalue weighted by Crippen LogP contribution is 2.29. The zero-order chi connectivity index (χ0) is 24.2. The number of furan rings is 1. The standard InChI is InChI=1S/C27H28BrN3O3/c1-18(19-8-5-4-6-9-19)23(13-14-29-26(32)24-10-7-15-30(24)2)31(3)27(33)20-11-12-25-21(16-20)22(28)17-34-25/h4-12,15-18,23H,13-14H2,1-3H3,(H,29,32). The molecule has 34 heavy (non-hydrogen) atoms. The summed E-state index contributed by atoms with van der Waals surface area (Å²) >= 11 is 3.48. The van der Waals surface area contributed by atoms with Gasteiger partial charge in [-0.25, -0.2) is 0 Å². The van der Waals surface area contributed by atoms with Crippen LogP contribution < -0.4 is 5.32 Å². The molecule has 7 heteroatoms. The average Bonchev–Trinajstić information content (AvgIpc) is 3.46. The van der Waals surface area contributed by atoms with E-state index >= 15 is 0 Å². The Morgan fingerprint density at radius 1 is 1.12 bits per heavy atom. The molecule has 0 saturated carbocycles. The molecular formula is C27H28BrN3O3. The number of hydrogen-bond donors (Lipinski definition) is 1. The molecule has 2 aromatic heterocycles. The molecule has 6 nitrogen and oxygen atoms in total. The van der Waals surface area contributed by atoms with E-state index in [9.17, 15) is 9.59 Å². The maximum absolute atomic E-state index is 13.5. The second kappa shape index (κ2) is 10.3. The Bertz CT molecular complexity index is 1290. The molecule has 4 aromatic rings. The van der Waals surface area contributed by atoms with Crippen molar-refractivity contribution in [1.29, 1.82) is 0 Å². The van der Waals surface area contributed by atoms with Crippen LogP contribution in [-0.4, -0.2) is 40.9 Å². The number of benzene rings is 2. The number of fused-ring (bicyclic) bond motifs is 1. The molecule has 176 valence electrons. The maximum Gasteiger partial charge on any atom is 0.267 e. The minimum Gasteiger partial charge on any atom is -0.463 e. The number of carbonyl (C=O) groups excluding carboxylic acids is 2. The van der Waals surface area contributed by atoms with E-state index in [4.69, 9.17) is 4.42 Å². The summed E-state index contributed by atoms with van der Waals surface area (Å²) in [5, 5.41) is 3.87. The zero-order valence-electron chi connectivity index (χ0n) is 19.5. The quantitative estimate of drug-likeness (QED) is 0.328. The first kappa shape index (κ1) is 23.8. The van der Waals surface area contributed by atoms with Gasteiger partial charge in [0.05, 0.1) is 4.47 Å². The first-order valence-electron chi connectivity index (χ1n) is 11.2. The summed E-state index contributed by atoms with van der Waals surface area (Å²) in [6, 6.07) is 19.1. The zero-order valence-corrected chi connectivity index (χ0v) is 21.1. The van der Waals surface area contributed by atoms with Crippen LogP contribution in [0.3, 0.4) is 0 Å². The molecule has 0 aliphatic heterocycles. The van der Waals surface area contributed by atoms with Gasteiger partial charge in [0.15, 0.2) is 0 Å². The summed E-state index contributed by atoms with van der Waals surface area (Å²) in [5.74, 6) is -0.120. The summed E-state index contributed by atoms with van der Waals surface area (Å²) in [6.45, 7) is 2.58. The molecule has 0 saturated heterocycles. The number of aryl methyl sites for hydroxylation is 1. The molecule has 4 rings (SSSR count). The summed E-state index contributed by atoms with van der Waals surface area (Å²) < 4.78 is 8.10. The van der Waals surface area contributed by atoms with Crippen molar-refractivity contribution >= 4 is 38.7 Å². The molecule has 2 amide bonds. The van der Waals surface area contributed by atoms with Gasteiger partial charge in [-0.15, -0.1) is 0 Å². The molecule has 1 N–H and O–H groups in total. The van der Waals surface area contributed by atoms with E-state index in [-0.39, 0.29) is 23.8 Å². The van der Waals surface area contributed by atoms with Crippen LogP contribution in [0.2, 0.25) is 0 Å². The van der Waals surface area contributed by atoms with Crippen LogP contribution in [0.5, 0.6) is 0 Å². The number of nitrogens with one attached hydrogen (secondary N) is 1. The molecular weight excluding hydrogens is 494 g/mol. The number of likely N-dealkylation sites (N-methyl/N-ethyl adjacent to an activating group) is 1. The van der Waals surface area contributed by atoms with Gasteiger partial charge in [0.25, 0.3) is 11.8 Å². The normalized spacial score (nSPS) is 12.9. The third-order valence-corrected chi connectivity index (χ3v) is 7.01. The van der Waals surface area contributed by atoms with Gasteiger partial charge in [-0.05, 0) is 58.2 Å². The molecule has 0 spiro atoms. The molecule has 2 aromatic carbocycles. The fourth-order valence-corrected chi connectivity index (χ4v) is 4.77. The van der Waals surface area contributed by atoms with Crippen molar-refractivity contribution in [2.75, 3.05) is 13.6 Å². The number of amides is 2. The fraction of sp³-hybridized carbons (Fsp3) is 0.259. The highest BCUT2D eigenvalue weighted by molar-refractivity contribution is 9.10. The van der Waals surface area contributed by atoms with Crippen LogP contribution in [0, 0.1) is 0 Å². The third-order valence-electron chi connectivity index (χ3n) is 6.40. The second-order valence-electron chi connectivity index (χ2n) is 8.53. The summed E-state index contributed by atoms with van der Waals surface area (Å²) in [4.78, 5) is 27.9. The lowest BCUT2D eigenvalue weighted by Crippen LogP contribution is -2.42. The third kappa shape index (κ3) is 4.94. The molecule has 2 atom stereocenters. The van der Waals surface area contributed by atoms with Gasteiger partial charge < -0.3 is 19.2 Å². The van der Waals surface area contributed by atoms with Crippen LogP contribution in [0.4, 0.5) is 0 Å². The van der Waals surface area contributed by atoms with Crippen LogP contribution in [-0.2, 0) is 7.05 Å². The first-order valence-corrected chi connectivity index (χ1v) is 12.0. The van der Waals surface area contributed by atoms with E-state index in [1.165, 1.54) is 0 Å². The number of carbonyl (C=O) groups is 2. The number of hydrogen-bond acceptors (Lipinski definition) is 3. The Hall–Kier alpha value is -3.32. The van der Waals surface area contributed by atoms with Crippen LogP contribution in [0.25, 0.3) is 11.0 Å². The Labute approximate surface area is 207 Å². The Morgan fingerprint density at radius 3 is 2.59 bits per heavy atom. The predicted octanol–water partition coefficient (Wildman–Crippen LogP) is 5.60. The molecule has 2 heterocycles. The van der Waals surface area contributed by atoms with Crippen LogP contribution in [0.1, 0.15) is 45.7 Å². The van der Waals surface area contributed by atoms with Crippen molar-refractivity contribution in [3.8, 4) is 0 Å². The van der Waals surface area contributed by atoms with Crippen molar-refractivity contribution in [1.82, 2.24) is 14.8 Å². The highest BCUT2D eigenvalue weighted by Gasteiger charge is 2.28. The SMILES string of the molecule is CC(c1ccccc1)C(CCNC(=O)c1cccn1C)N(C)C(=O)c1ccc2occ(Br)c2c1. The number of aromatic nitrogens is 1. The second-order valence-corrected chi connectivity index (χ2v) is 9.38. The Morgan fingerprint density at radius 2 is 1.88 bits per heavy atom. The molecule has 0 aliphatic carbocycles. The first-order chi connectivity index (χ1) is 16.4. The van der Waals surface area contributed by atoms with Crippen molar-refractivity contribution in [2.24, 2.45) is 7.05 Å². The van der Waals surface area contributed by atoms with Crippen molar-refractivity contribution in [3.63, 3.8) is 0 Å². The smallest absolute Gasteiger partial charge is 0.267 e. The number of halogens is 1. The summed E-state index contributed by atoms with van der Waals surface area (Å²) in [7, 11) is 3.68. The van der Waals surface area contributed by atoms with Crippen molar-refractivity contribution in [2.45, 2.75) is 25.3 Å². The lowest BCUT2D eigenvalue weighted by atomic mass is 9.90. The van der Waals surface area contributed by atoms with E-state index in [2.05, 4.69) is 40.3 Å². The molecule has 2 unspecified atom stereocenters. The topological polar surface area (TPSA) is 67.5 Å². The van der Waals surface area contributed by atoms with Gasteiger partial charge in [-0.3, -0.25) is 9.59 Å². The van der Waals surface area contributed by atoms with Crippen molar-refractivity contribution < 1.29 is 14.0 Å². The van der Waals surface area contributed by atoms with E-state index in [1.807, 2.05) is 56.7 Å². The minimum atomic E-state index is -0.122. The molecule has 0 bridgehead atoms. The van der Waals surface area contributed by atoms with Crippen LogP contribution in [0.15, 0.2) is 82.0 Å². The molecule has 0 aliphatic rings. The number of rotatable bonds is 8. The Kier molecular flexibility index (Phi) is 7.22. The van der Waals surface area contributed by atoms with Gasteiger partial charge >= 0.3 is 0 Å². The molecule has 0 radical (unpaired) electrons. The van der Waals surface area contributed by atoms with Crippen molar-refractivity contribution in [3.05, 3.63) is 94.4 Å². The maximum atomic E-state index is 13.5. The van der Waals surface area contributed by atoms with E-state index < -0.39 is 0 Å². The van der Waals surface area contributed by atoms with Gasteiger partial charge in [0.1, 0.15) is 17.5 Å². The summed E-state index contributed by atoms with van der Waals surface area (Å²) in [5.41, 5.74) is 3.07. The van der Waals surface area contributed by atoms with E-state index in [0.29, 0.717) is 24.2 Å². The van der Waals surface area contributed by atoms with Gasteiger partial charge in [-0.2, -0.15) is 0 Å². The number of nitrogens with zero attached hydrogens (tertiary/aromatic N) is 2. The monoisotopic (exact) mass is 521 g/mol. The average molecular weight is 522 g/mol. The van der Waals surface area contributed by atoms with E-state index in [0.717, 1.165) is 21.0 Å². The van der Waals surface area contributed by atoms with Gasteiger partial charge in [0, 0.05) is 49.7 Å². The van der Waals surface area contributed by atoms with Crippen LogP contribution >= 0.6 is 15.9 Å². The predicted molar refractivity (Wildman–Crippen MR) is 137 cm³/mol. The largest absolute Gasteiger partial charge is 0.463 e. The van der Waals surface area contributed by atoms with Gasteiger partial charge in [-0.1, -0.05) is 37.3 Å². The van der Waals surface area contributed by atoms with E-state index in [1.54, 1.807) is 27.9 Å². The lowest BCUT2D eigenvalue weighted by molar-refractivity contribution is 0.0702.